The molecule has 0 aromatic heterocycles. The van der Waals surface area contributed by atoms with E-state index in [0.717, 1.165) is 23.1 Å². The maximum absolute atomic E-state index is 13.3. The fourth-order valence-corrected chi connectivity index (χ4v) is 1.30. The highest BCUT2D eigenvalue weighted by Gasteiger charge is 2.17. The normalized spacial score (nSPS) is 11.4. The van der Waals surface area contributed by atoms with Crippen LogP contribution in [-0.2, 0) is 0 Å². The van der Waals surface area contributed by atoms with Crippen LogP contribution in [-0.4, -0.2) is 35.4 Å². The van der Waals surface area contributed by atoms with Crippen molar-refractivity contribution in [2.24, 2.45) is 10.9 Å². The first-order valence-electron chi connectivity index (χ1n) is 5.12. The molecule has 1 aromatic rings. The average Bonchev–Trinajstić information content (AvgIpc) is 2.37. The Hall–Kier alpha value is -2.18. The first-order valence-corrected chi connectivity index (χ1v) is 5.12. The van der Waals surface area contributed by atoms with E-state index < -0.39 is 17.5 Å². The van der Waals surface area contributed by atoms with Crippen LogP contribution in [0.2, 0.25) is 0 Å². The standard InChI is InChI=1S/C11H13F2N3O2/c1-16(5-4-10(14)15-18)11(17)8-6-7(12)2-3-9(8)13/h2-3,6,18H,4-5H2,1H3,(H2,14,15). The molecule has 0 fully saturated rings. The van der Waals surface area contributed by atoms with Gasteiger partial charge in [0.15, 0.2) is 0 Å². The van der Waals surface area contributed by atoms with E-state index in [9.17, 15) is 13.6 Å². The molecule has 0 radical (unpaired) electrons. The Kier molecular flexibility index (Phi) is 4.59. The molecule has 1 aromatic carbocycles. The summed E-state index contributed by atoms with van der Waals surface area (Å²) in [5, 5.41) is 11.1. The van der Waals surface area contributed by atoms with E-state index in [4.69, 9.17) is 10.9 Å². The third-order valence-corrected chi connectivity index (χ3v) is 2.34. The average molecular weight is 257 g/mol. The second-order valence-electron chi connectivity index (χ2n) is 3.69. The van der Waals surface area contributed by atoms with Crippen LogP contribution >= 0.6 is 0 Å². The largest absolute Gasteiger partial charge is 0.409 e. The number of nitrogens with two attached hydrogens (primary N) is 1. The van der Waals surface area contributed by atoms with Crippen molar-refractivity contribution in [3.63, 3.8) is 0 Å². The summed E-state index contributed by atoms with van der Waals surface area (Å²) in [6, 6.07) is 2.65. The molecule has 0 saturated carbocycles. The predicted molar refractivity (Wildman–Crippen MR) is 61.3 cm³/mol. The van der Waals surface area contributed by atoms with Gasteiger partial charge in [0.25, 0.3) is 5.91 Å². The van der Waals surface area contributed by atoms with E-state index in [1.54, 1.807) is 0 Å². The summed E-state index contributed by atoms with van der Waals surface area (Å²) in [5.74, 6) is -2.20. The number of hydrogen-bond donors (Lipinski definition) is 2. The van der Waals surface area contributed by atoms with E-state index in [1.807, 2.05) is 0 Å². The van der Waals surface area contributed by atoms with Gasteiger partial charge in [0, 0.05) is 20.0 Å². The number of carbonyl (C=O) groups excluding carboxylic acids is 1. The lowest BCUT2D eigenvalue weighted by molar-refractivity contribution is 0.0793. The summed E-state index contributed by atoms with van der Waals surface area (Å²) < 4.78 is 26.3. The van der Waals surface area contributed by atoms with Gasteiger partial charge in [-0.3, -0.25) is 4.79 Å². The number of halogens is 2. The molecular formula is C11H13F2N3O2. The number of carbonyl (C=O) groups is 1. The molecule has 0 aliphatic heterocycles. The van der Waals surface area contributed by atoms with Crippen LogP contribution in [0.25, 0.3) is 0 Å². The molecule has 1 amide bonds. The molecule has 0 spiro atoms. The lowest BCUT2D eigenvalue weighted by Gasteiger charge is -2.17. The quantitative estimate of drug-likeness (QED) is 0.368. The first kappa shape index (κ1) is 13.9. The van der Waals surface area contributed by atoms with Gasteiger partial charge in [-0.15, -0.1) is 0 Å². The fourth-order valence-electron chi connectivity index (χ4n) is 1.30. The van der Waals surface area contributed by atoms with Crippen molar-refractivity contribution in [2.45, 2.75) is 6.42 Å². The van der Waals surface area contributed by atoms with E-state index in [0.29, 0.717) is 0 Å². The zero-order chi connectivity index (χ0) is 13.7. The molecule has 0 unspecified atom stereocenters. The summed E-state index contributed by atoms with van der Waals surface area (Å²) in [7, 11) is 1.41. The minimum atomic E-state index is -0.794. The Morgan fingerprint density at radius 2 is 2.17 bits per heavy atom. The van der Waals surface area contributed by atoms with Gasteiger partial charge in [0.05, 0.1) is 5.56 Å². The zero-order valence-electron chi connectivity index (χ0n) is 9.73. The van der Waals surface area contributed by atoms with E-state index in [2.05, 4.69) is 5.16 Å². The molecule has 1 rings (SSSR count). The second-order valence-corrected chi connectivity index (χ2v) is 3.69. The Balaban J connectivity index is 2.77. The number of nitrogens with zero attached hydrogens (tertiary/aromatic N) is 2. The van der Waals surface area contributed by atoms with Crippen molar-refractivity contribution in [2.75, 3.05) is 13.6 Å². The molecule has 18 heavy (non-hydrogen) atoms. The van der Waals surface area contributed by atoms with Gasteiger partial charge in [0.1, 0.15) is 17.5 Å². The zero-order valence-corrected chi connectivity index (χ0v) is 9.73. The molecule has 3 N–H and O–H groups in total. The number of amidine groups is 1. The van der Waals surface area contributed by atoms with Crippen molar-refractivity contribution in [3.05, 3.63) is 35.4 Å². The highest BCUT2D eigenvalue weighted by molar-refractivity contribution is 5.94. The SMILES string of the molecule is CN(CC/C(N)=N/O)C(=O)c1cc(F)ccc1F. The Morgan fingerprint density at radius 1 is 1.50 bits per heavy atom. The minimum absolute atomic E-state index is 0.0469. The third kappa shape index (κ3) is 3.41. The van der Waals surface area contributed by atoms with E-state index >= 15 is 0 Å². The molecule has 0 atom stereocenters. The van der Waals surface area contributed by atoms with Gasteiger partial charge in [-0.2, -0.15) is 0 Å². The molecular weight excluding hydrogens is 244 g/mol. The smallest absolute Gasteiger partial charge is 0.256 e. The Labute approximate surface area is 102 Å². The Morgan fingerprint density at radius 3 is 2.78 bits per heavy atom. The van der Waals surface area contributed by atoms with Gasteiger partial charge < -0.3 is 15.8 Å². The number of oxime groups is 1. The van der Waals surface area contributed by atoms with E-state index in [1.165, 1.54) is 7.05 Å². The van der Waals surface area contributed by atoms with Crippen molar-refractivity contribution in [1.29, 1.82) is 0 Å². The van der Waals surface area contributed by atoms with Crippen molar-refractivity contribution in [1.82, 2.24) is 4.90 Å². The molecule has 7 heteroatoms. The molecule has 0 aliphatic rings. The van der Waals surface area contributed by atoms with Crippen LogP contribution < -0.4 is 5.73 Å². The van der Waals surface area contributed by atoms with Crippen molar-refractivity contribution in [3.8, 4) is 0 Å². The molecule has 0 heterocycles. The highest BCUT2D eigenvalue weighted by atomic mass is 19.1. The van der Waals surface area contributed by atoms with Crippen molar-refractivity contribution >= 4 is 11.7 Å². The maximum atomic E-state index is 13.3. The van der Waals surface area contributed by atoms with Crippen LogP contribution in [0.5, 0.6) is 0 Å². The van der Waals surface area contributed by atoms with Crippen LogP contribution in [0, 0.1) is 11.6 Å². The van der Waals surface area contributed by atoms with Gasteiger partial charge in [-0.25, -0.2) is 8.78 Å². The third-order valence-electron chi connectivity index (χ3n) is 2.34. The van der Waals surface area contributed by atoms with E-state index in [-0.39, 0.29) is 24.4 Å². The number of rotatable bonds is 4. The number of hydrogen-bond acceptors (Lipinski definition) is 3. The lowest BCUT2D eigenvalue weighted by Crippen LogP contribution is -2.31. The van der Waals surface area contributed by atoms with Gasteiger partial charge in [0.2, 0.25) is 0 Å². The number of amides is 1. The predicted octanol–water partition coefficient (Wildman–Crippen LogP) is 1.17. The molecule has 0 aliphatic carbocycles. The molecule has 98 valence electrons. The maximum Gasteiger partial charge on any atom is 0.256 e. The number of benzene rings is 1. The van der Waals surface area contributed by atoms with Crippen LogP contribution in [0.1, 0.15) is 16.8 Å². The van der Waals surface area contributed by atoms with Crippen molar-refractivity contribution < 1.29 is 18.8 Å². The second kappa shape index (κ2) is 5.95. The van der Waals surface area contributed by atoms with Crippen LogP contribution in [0.15, 0.2) is 23.4 Å². The van der Waals surface area contributed by atoms with Gasteiger partial charge in [-0.1, -0.05) is 5.16 Å². The summed E-state index contributed by atoms with van der Waals surface area (Å²) in [4.78, 5) is 13.0. The topological polar surface area (TPSA) is 78.9 Å². The minimum Gasteiger partial charge on any atom is -0.409 e. The van der Waals surface area contributed by atoms with Gasteiger partial charge in [-0.05, 0) is 18.2 Å². The highest BCUT2D eigenvalue weighted by Crippen LogP contribution is 2.12. The van der Waals surface area contributed by atoms with Gasteiger partial charge >= 0.3 is 0 Å². The monoisotopic (exact) mass is 257 g/mol. The summed E-state index contributed by atoms with van der Waals surface area (Å²) >= 11 is 0. The summed E-state index contributed by atoms with van der Waals surface area (Å²) in [6.07, 6.45) is 0.135. The summed E-state index contributed by atoms with van der Waals surface area (Å²) in [5.41, 5.74) is 4.89. The first-order chi connectivity index (χ1) is 8.45. The Bertz CT molecular complexity index is 477. The lowest BCUT2D eigenvalue weighted by atomic mass is 10.2. The molecule has 0 bridgehead atoms. The summed E-state index contributed by atoms with van der Waals surface area (Å²) in [6.45, 7) is 0.130. The van der Waals surface area contributed by atoms with Crippen LogP contribution in [0.3, 0.4) is 0 Å². The molecule has 0 saturated heterocycles. The fraction of sp³-hybridized carbons (Fsp3) is 0.273. The van der Waals surface area contributed by atoms with Crippen LogP contribution in [0.4, 0.5) is 8.78 Å². The molecule has 5 nitrogen and oxygen atoms in total.